The van der Waals surface area contributed by atoms with E-state index in [2.05, 4.69) is 31.4 Å². The van der Waals surface area contributed by atoms with Crippen LogP contribution in [-0.4, -0.2) is 25.0 Å². The van der Waals surface area contributed by atoms with Gasteiger partial charge >= 0.3 is 0 Å². The SMILES string of the molecule is CCCCCC(C)(C)CNCC(=O)NC1CCCCCC1. The van der Waals surface area contributed by atoms with Crippen LogP contribution in [0.2, 0.25) is 0 Å². The lowest BCUT2D eigenvalue weighted by atomic mass is 9.87. The summed E-state index contributed by atoms with van der Waals surface area (Å²) >= 11 is 0. The maximum atomic E-state index is 12.0. The topological polar surface area (TPSA) is 41.1 Å². The molecule has 0 aromatic heterocycles. The van der Waals surface area contributed by atoms with Crippen LogP contribution >= 0.6 is 0 Å². The molecule has 1 aliphatic carbocycles. The fraction of sp³-hybridized carbons (Fsp3) is 0.944. The van der Waals surface area contributed by atoms with Crippen molar-refractivity contribution in [2.75, 3.05) is 13.1 Å². The summed E-state index contributed by atoms with van der Waals surface area (Å²) in [6, 6.07) is 0.416. The molecule has 0 aromatic rings. The summed E-state index contributed by atoms with van der Waals surface area (Å²) in [6.45, 7) is 8.21. The maximum Gasteiger partial charge on any atom is 0.234 e. The Kier molecular flexibility index (Phi) is 8.98. The van der Waals surface area contributed by atoms with Gasteiger partial charge in [-0.25, -0.2) is 0 Å². The van der Waals surface area contributed by atoms with Crippen LogP contribution in [0.1, 0.15) is 85.0 Å². The fourth-order valence-corrected chi connectivity index (χ4v) is 3.16. The Hall–Kier alpha value is -0.570. The normalized spacial score (nSPS) is 17.5. The van der Waals surface area contributed by atoms with Gasteiger partial charge < -0.3 is 10.6 Å². The number of carbonyl (C=O) groups is 1. The van der Waals surface area contributed by atoms with E-state index in [-0.39, 0.29) is 11.3 Å². The Morgan fingerprint density at radius 1 is 1.10 bits per heavy atom. The smallest absolute Gasteiger partial charge is 0.234 e. The highest BCUT2D eigenvalue weighted by molar-refractivity contribution is 5.78. The lowest BCUT2D eigenvalue weighted by Gasteiger charge is -2.25. The average molecular weight is 296 g/mol. The number of amides is 1. The van der Waals surface area contributed by atoms with Crippen molar-refractivity contribution >= 4 is 5.91 Å². The second-order valence-corrected chi connectivity index (χ2v) is 7.48. The van der Waals surface area contributed by atoms with Crippen LogP contribution in [0.15, 0.2) is 0 Å². The molecule has 3 nitrogen and oxygen atoms in total. The van der Waals surface area contributed by atoms with E-state index in [4.69, 9.17) is 0 Å². The van der Waals surface area contributed by atoms with Crippen molar-refractivity contribution in [2.45, 2.75) is 91.0 Å². The van der Waals surface area contributed by atoms with Crippen molar-refractivity contribution in [3.05, 3.63) is 0 Å². The minimum atomic E-state index is 0.172. The molecular formula is C18H36N2O. The van der Waals surface area contributed by atoms with Crippen LogP contribution in [0.4, 0.5) is 0 Å². The highest BCUT2D eigenvalue weighted by Gasteiger charge is 2.18. The first-order chi connectivity index (χ1) is 10.0. The van der Waals surface area contributed by atoms with Crippen LogP contribution in [0.3, 0.4) is 0 Å². The number of carbonyl (C=O) groups excluding carboxylic acids is 1. The molecule has 0 radical (unpaired) electrons. The Balaban J connectivity index is 2.14. The predicted octanol–water partition coefficient (Wildman–Crippen LogP) is 4.02. The first-order valence-corrected chi connectivity index (χ1v) is 9.03. The summed E-state index contributed by atoms with van der Waals surface area (Å²) < 4.78 is 0. The van der Waals surface area contributed by atoms with E-state index in [9.17, 15) is 4.79 Å². The fourth-order valence-electron chi connectivity index (χ4n) is 3.16. The average Bonchev–Trinajstić information content (AvgIpc) is 2.67. The Morgan fingerprint density at radius 2 is 1.76 bits per heavy atom. The molecule has 0 saturated heterocycles. The predicted molar refractivity (Wildman–Crippen MR) is 90.4 cm³/mol. The Labute approximate surface area is 131 Å². The molecular weight excluding hydrogens is 260 g/mol. The maximum absolute atomic E-state index is 12.0. The third-order valence-corrected chi connectivity index (χ3v) is 4.57. The largest absolute Gasteiger partial charge is 0.352 e. The molecule has 0 unspecified atom stereocenters. The van der Waals surface area contributed by atoms with Crippen molar-refractivity contribution in [3.63, 3.8) is 0 Å². The van der Waals surface area contributed by atoms with Crippen molar-refractivity contribution in [1.82, 2.24) is 10.6 Å². The Morgan fingerprint density at radius 3 is 2.38 bits per heavy atom. The number of hydrogen-bond acceptors (Lipinski definition) is 2. The number of hydrogen-bond donors (Lipinski definition) is 2. The van der Waals surface area contributed by atoms with Crippen LogP contribution in [-0.2, 0) is 4.79 Å². The van der Waals surface area contributed by atoms with Crippen LogP contribution in [0.5, 0.6) is 0 Å². The van der Waals surface area contributed by atoms with Crippen molar-refractivity contribution in [2.24, 2.45) is 5.41 Å². The summed E-state index contributed by atoms with van der Waals surface area (Å²) in [6.07, 6.45) is 12.6. The minimum absolute atomic E-state index is 0.172. The van der Waals surface area contributed by atoms with Gasteiger partial charge in [-0.3, -0.25) is 4.79 Å². The van der Waals surface area contributed by atoms with Crippen LogP contribution in [0.25, 0.3) is 0 Å². The van der Waals surface area contributed by atoms with E-state index in [1.807, 2.05) is 0 Å². The first-order valence-electron chi connectivity index (χ1n) is 9.03. The lowest BCUT2D eigenvalue weighted by Crippen LogP contribution is -2.42. The molecule has 0 aromatic carbocycles. The van der Waals surface area contributed by atoms with E-state index >= 15 is 0 Å². The second-order valence-electron chi connectivity index (χ2n) is 7.48. The molecule has 1 fully saturated rings. The van der Waals surface area contributed by atoms with Gasteiger partial charge in [0.2, 0.25) is 5.91 Å². The zero-order chi connectivity index (χ0) is 15.6. The van der Waals surface area contributed by atoms with Crippen LogP contribution < -0.4 is 10.6 Å². The molecule has 1 rings (SSSR count). The molecule has 2 N–H and O–H groups in total. The van der Waals surface area contributed by atoms with Crippen LogP contribution in [0, 0.1) is 5.41 Å². The lowest BCUT2D eigenvalue weighted by molar-refractivity contribution is -0.121. The molecule has 1 amide bonds. The summed E-state index contributed by atoms with van der Waals surface area (Å²) in [5.74, 6) is 0.172. The minimum Gasteiger partial charge on any atom is -0.352 e. The highest BCUT2D eigenvalue weighted by Crippen LogP contribution is 2.22. The van der Waals surface area contributed by atoms with Crippen molar-refractivity contribution in [3.8, 4) is 0 Å². The molecule has 3 heteroatoms. The van der Waals surface area contributed by atoms with Gasteiger partial charge in [0.25, 0.3) is 0 Å². The molecule has 0 spiro atoms. The summed E-state index contributed by atoms with van der Waals surface area (Å²) in [7, 11) is 0. The first kappa shape index (κ1) is 18.5. The van der Waals surface area contributed by atoms with Gasteiger partial charge in [0.15, 0.2) is 0 Å². The monoisotopic (exact) mass is 296 g/mol. The van der Waals surface area contributed by atoms with Crippen molar-refractivity contribution in [1.29, 1.82) is 0 Å². The van der Waals surface area contributed by atoms with E-state index in [1.165, 1.54) is 51.4 Å². The van der Waals surface area contributed by atoms with E-state index < -0.39 is 0 Å². The number of unbranched alkanes of at least 4 members (excludes halogenated alkanes) is 2. The Bertz CT molecular complexity index is 281. The van der Waals surface area contributed by atoms with Gasteiger partial charge in [-0.05, 0) is 24.7 Å². The zero-order valence-electron chi connectivity index (χ0n) is 14.5. The van der Waals surface area contributed by atoms with Gasteiger partial charge in [-0.2, -0.15) is 0 Å². The van der Waals surface area contributed by atoms with Gasteiger partial charge in [0.1, 0.15) is 0 Å². The highest BCUT2D eigenvalue weighted by atomic mass is 16.1. The van der Waals surface area contributed by atoms with Gasteiger partial charge in [0, 0.05) is 12.6 Å². The van der Waals surface area contributed by atoms with Crippen molar-refractivity contribution < 1.29 is 4.79 Å². The molecule has 0 bridgehead atoms. The zero-order valence-corrected chi connectivity index (χ0v) is 14.5. The summed E-state index contributed by atoms with van der Waals surface area (Å²) in [5.41, 5.74) is 0.289. The summed E-state index contributed by atoms with van der Waals surface area (Å²) in [5, 5.41) is 6.54. The molecule has 0 heterocycles. The van der Waals surface area contributed by atoms with Gasteiger partial charge in [-0.15, -0.1) is 0 Å². The third-order valence-electron chi connectivity index (χ3n) is 4.57. The van der Waals surface area contributed by atoms with E-state index in [0.717, 1.165) is 19.4 Å². The number of rotatable bonds is 9. The molecule has 124 valence electrons. The molecule has 0 atom stereocenters. The quantitative estimate of drug-likeness (QED) is 0.498. The third kappa shape index (κ3) is 9.13. The second kappa shape index (κ2) is 10.2. The van der Waals surface area contributed by atoms with Gasteiger partial charge in [0.05, 0.1) is 6.54 Å². The van der Waals surface area contributed by atoms with Gasteiger partial charge in [-0.1, -0.05) is 65.7 Å². The van der Waals surface area contributed by atoms with E-state index in [1.54, 1.807) is 0 Å². The molecule has 1 aliphatic rings. The molecule has 21 heavy (non-hydrogen) atoms. The summed E-state index contributed by atoms with van der Waals surface area (Å²) in [4.78, 5) is 12.0. The van der Waals surface area contributed by atoms with E-state index in [0.29, 0.717) is 12.6 Å². The standard InChI is InChI=1S/C18H36N2O/c1-4-5-10-13-18(2,3)15-19-14-17(21)20-16-11-8-6-7-9-12-16/h16,19H,4-15H2,1-3H3,(H,20,21). The molecule has 1 saturated carbocycles. The number of nitrogens with one attached hydrogen (secondary N) is 2. The molecule has 0 aliphatic heterocycles.